The second-order valence-electron chi connectivity index (χ2n) is 8.57. The van der Waals surface area contributed by atoms with Crippen molar-refractivity contribution in [1.29, 1.82) is 0 Å². The summed E-state index contributed by atoms with van der Waals surface area (Å²) >= 11 is 5.83. The second-order valence-corrected chi connectivity index (χ2v) is 8.95. The van der Waals surface area contributed by atoms with Crippen LogP contribution in [0, 0.1) is 13.8 Å². The van der Waals surface area contributed by atoms with Crippen molar-refractivity contribution in [3.63, 3.8) is 0 Å². The summed E-state index contributed by atoms with van der Waals surface area (Å²) in [5, 5.41) is 5.11. The van der Waals surface area contributed by atoms with Gasteiger partial charge in [-0.2, -0.15) is 0 Å². The summed E-state index contributed by atoms with van der Waals surface area (Å²) in [6.45, 7) is 8.09. The Balaban J connectivity index is 1.65. The lowest BCUT2D eigenvalue weighted by molar-refractivity contribution is 0.0904. The molecule has 4 rings (SSSR count). The molecule has 3 aromatic rings. The molecular formula is C26H31N3O2S. The van der Waals surface area contributed by atoms with Crippen LogP contribution in [-0.2, 0) is 17.7 Å². The summed E-state index contributed by atoms with van der Waals surface area (Å²) in [5.74, 6) is 0. The van der Waals surface area contributed by atoms with Crippen LogP contribution in [0.2, 0.25) is 0 Å². The lowest BCUT2D eigenvalue weighted by Gasteiger charge is -2.28. The molecule has 168 valence electrons. The number of hydrogen-bond donors (Lipinski definition) is 2. The molecule has 6 heteroatoms. The zero-order valence-electron chi connectivity index (χ0n) is 19.0. The topological polar surface area (TPSA) is 57.4 Å². The van der Waals surface area contributed by atoms with Gasteiger partial charge in [-0.25, -0.2) is 0 Å². The number of hydrogen-bond acceptors (Lipinski definition) is 3. The van der Waals surface area contributed by atoms with Crippen LogP contribution in [0.1, 0.15) is 42.0 Å². The first-order chi connectivity index (χ1) is 15.5. The SMILES string of the molecule is CCc1ccccc1NC(=S)N(Cc1cc2c(C)ccc(C)c2[nH]c1=O)CC1CCCO1. The Labute approximate surface area is 194 Å². The number of aryl methyl sites for hydroxylation is 3. The molecule has 0 aliphatic carbocycles. The number of nitrogens with one attached hydrogen (secondary N) is 2. The van der Waals surface area contributed by atoms with E-state index >= 15 is 0 Å². The van der Waals surface area contributed by atoms with Gasteiger partial charge < -0.3 is 19.9 Å². The molecule has 0 amide bonds. The van der Waals surface area contributed by atoms with Crippen LogP contribution < -0.4 is 10.9 Å². The standard InChI is InChI=1S/C26H31N3O2S/c1-4-19-8-5-6-10-23(19)27-26(32)29(16-21-9-7-13-31-21)15-20-14-22-17(2)11-12-18(3)24(22)28-25(20)30/h5-6,8,10-12,14,21H,4,7,9,13,15-16H2,1-3H3,(H,27,32)(H,28,30). The summed E-state index contributed by atoms with van der Waals surface area (Å²) in [6.07, 6.45) is 3.11. The van der Waals surface area contributed by atoms with Gasteiger partial charge in [0, 0.05) is 29.8 Å². The monoisotopic (exact) mass is 449 g/mol. The summed E-state index contributed by atoms with van der Waals surface area (Å²) in [5.41, 5.74) is 5.97. The van der Waals surface area contributed by atoms with Gasteiger partial charge in [0.1, 0.15) is 0 Å². The summed E-state index contributed by atoms with van der Waals surface area (Å²) in [4.78, 5) is 18.1. The number of H-pyrrole nitrogens is 1. The molecule has 1 saturated heterocycles. The lowest BCUT2D eigenvalue weighted by Crippen LogP contribution is -2.40. The van der Waals surface area contributed by atoms with Crippen molar-refractivity contribution in [2.75, 3.05) is 18.5 Å². The molecular weight excluding hydrogens is 418 g/mol. The number of ether oxygens (including phenoxy) is 1. The zero-order valence-corrected chi connectivity index (χ0v) is 19.8. The van der Waals surface area contributed by atoms with Gasteiger partial charge in [-0.3, -0.25) is 4.79 Å². The minimum atomic E-state index is -0.0692. The Morgan fingerprint density at radius 2 is 1.97 bits per heavy atom. The Morgan fingerprint density at radius 3 is 2.72 bits per heavy atom. The average Bonchev–Trinajstić information content (AvgIpc) is 3.30. The fourth-order valence-corrected chi connectivity index (χ4v) is 4.59. The number of rotatable bonds is 6. The highest BCUT2D eigenvalue weighted by molar-refractivity contribution is 7.80. The summed E-state index contributed by atoms with van der Waals surface area (Å²) in [7, 11) is 0. The van der Waals surface area contributed by atoms with Crippen molar-refractivity contribution in [1.82, 2.24) is 9.88 Å². The van der Waals surface area contributed by atoms with E-state index in [0.29, 0.717) is 23.8 Å². The first kappa shape index (κ1) is 22.5. The van der Waals surface area contributed by atoms with Crippen LogP contribution in [0.3, 0.4) is 0 Å². The molecule has 1 aliphatic heterocycles. The van der Waals surface area contributed by atoms with Crippen LogP contribution in [0.4, 0.5) is 5.69 Å². The number of nitrogens with zero attached hydrogens (tertiary/aromatic N) is 1. The average molecular weight is 450 g/mol. The minimum absolute atomic E-state index is 0.0692. The second kappa shape index (κ2) is 9.84. The van der Waals surface area contributed by atoms with Crippen molar-refractivity contribution < 1.29 is 4.74 Å². The molecule has 32 heavy (non-hydrogen) atoms. The molecule has 0 radical (unpaired) electrons. The van der Waals surface area contributed by atoms with Crippen LogP contribution in [0.25, 0.3) is 10.9 Å². The quantitative estimate of drug-likeness (QED) is 0.514. The first-order valence-electron chi connectivity index (χ1n) is 11.3. The molecule has 1 atom stereocenters. The molecule has 1 fully saturated rings. The minimum Gasteiger partial charge on any atom is -0.376 e. The number of para-hydroxylation sites is 1. The van der Waals surface area contributed by atoms with Crippen LogP contribution in [0.15, 0.2) is 47.3 Å². The van der Waals surface area contributed by atoms with E-state index in [1.54, 1.807) is 0 Å². The van der Waals surface area contributed by atoms with E-state index in [0.717, 1.165) is 53.6 Å². The molecule has 1 aromatic heterocycles. The number of thiocarbonyl (C=S) groups is 1. The third-order valence-electron chi connectivity index (χ3n) is 6.26. The maximum Gasteiger partial charge on any atom is 0.253 e. The van der Waals surface area contributed by atoms with E-state index in [1.807, 2.05) is 37.3 Å². The van der Waals surface area contributed by atoms with Gasteiger partial charge in [-0.15, -0.1) is 0 Å². The maximum absolute atomic E-state index is 13.0. The van der Waals surface area contributed by atoms with Gasteiger partial charge in [-0.05, 0) is 74.2 Å². The Hall–Kier alpha value is -2.70. The molecule has 1 unspecified atom stereocenters. The smallest absolute Gasteiger partial charge is 0.253 e. The van der Waals surface area contributed by atoms with E-state index in [2.05, 4.69) is 41.2 Å². The fourth-order valence-electron chi connectivity index (χ4n) is 4.34. The van der Waals surface area contributed by atoms with Crippen molar-refractivity contribution >= 4 is 33.9 Å². The highest BCUT2D eigenvalue weighted by Crippen LogP contribution is 2.22. The highest BCUT2D eigenvalue weighted by Gasteiger charge is 2.22. The maximum atomic E-state index is 13.0. The molecule has 1 aliphatic rings. The van der Waals surface area contributed by atoms with Crippen LogP contribution in [-0.4, -0.2) is 34.3 Å². The van der Waals surface area contributed by atoms with E-state index in [1.165, 1.54) is 5.56 Å². The van der Waals surface area contributed by atoms with Crippen molar-refractivity contribution in [2.45, 2.75) is 52.7 Å². The third kappa shape index (κ3) is 4.87. The molecule has 0 spiro atoms. The highest BCUT2D eigenvalue weighted by atomic mass is 32.1. The van der Waals surface area contributed by atoms with Gasteiger partial charge >= 0.3 is 0 Å². The number of aromatic nitrogens is 1. The molecule has 0 saturated carbocycles. The third-order valence-corrected chi connectivity index (χ3v) is 6.62. The molecule has 0 bridgehead atoms. The largest absolute Gasteiger partial charge is 0.376 e. The van der Waals surface area contributed by atoms with Crippen molar-refractivity contribution in [2.24, 2.45) is 0 Å². The van der Waals surface area contributed by atoms with Crippen LogP contribution >= 0.6 is 12.2 Å². The van der Waals surface area contributed by atoms with E-state index < -0.39 is 0 Å². The van der Waals surface area contributed by atoms with Gasteiger partial charge in [0.05, 0.1) is 18.2 Å². The van der Waals surface area contributed by atoms with Gasteiger partial charge in [0.2, 0.25) is 0 Å². The Bertz CT molecular complexity index is 1180. The number of benzene rings is 2. The summed E-state index contributed by atoms with van der Waals surface area (Å²) in [6, 6.07) is 14.4. The van der Waals surface area contributed by atoms with Crippen molar-refractivity contribution in [3.05, 3.63) is 75.1 Å². The number of anilines is 1. The number of aromatic amines is 1. The predicted octanol–water partition coefficient (Wildman–Crippen LogP) is 5.09. The van der Waals surface area contributed by atoms with E-state index in [4.69, 9.17) is 17.0 Å². The number of pyridine rings is 1. The van der Waals surface area contributed by atoms with E-state index in [-0.39, 0.29) is 11.7 Å². The first-order valence-corrected chi connectivity index (χ1v) is 11.7. The van der Waals surface area contributed by atoms with E-state index in [9.17, 15) is 4.79 Å². The van der Waals surface area contributed by atoms with Gasteiger partial charge in [-0.1, -0.05) is 37.3 Å². The van der Waals surface area contributed by atoms with Crippen LogP contribution in [0.5, 0.6) is 0 Å². The zero-order chi connectivity index (χ0) is 22.7. The summed E-state index contributed by atoms with van der Waals surface area (Å²) < 4.78 is 5.89. The molecule has 2 N–H and O–H groups in total. The van der Waals surface area contributed by atoms with Crippen molar-refractivity contribution in [3.8, 4) is 0 Å². The van der Waals surface area contributed by atoms with Gasteiger partial charge in [0.25, 0.3) is 5.56 Å². The lowest BCUT2D eigenvalue weighted by atomic mass is 10.0. The fraction of sp³-hybridized carbons (Fsp3) is 0.385. The predicted molar refractivity (Wildman–Crippen MR) is 135 cm³/mol. The molecule has 2 aromatic carbocycles. The normalized spacial score (nSPS) is 15.8. The Kier molecular flexibility index (Phi) is 6.92. The number of fused-ring (bicyclic) bond motifs is 1. The molecule has 5 nitrogen and oxygen atoms in total. The van der Waals surface area contributed by atoms with Gasteiger partial charge in [0.15, 0.2) is 5.11 Å². The molecule has 2 heterocycles. The Morgan fingerprint density at radius 1 is 1.19 bits per heavy atom.